The van der Waals surface area contributed by atoms with Crippen molar-refractivity contribution >= 4 is 5.97 Å². The van der Waals surface area contributed by atoms with Crippen LogP contribution in [0.2, 0.25) is 0 Å². The smallest absolute Gasteiger partial charge is 0.303 e. The van der Waals surface area contributed by atoms with Crippen LogP contribution in [0.25, 0.3) is 0 Å². The van der Waals surface area contributed by atoms with Crippen LogP contribution in [0.4, 0.5) is 0 Å². The molecular weight excluding hydrogens is 320 g/mol. The van der Waals surface area contributed by atoms with Gasteiger partial charge in [-0.1, -0.05) is 102 Å². The number of carboxylic acid groups (broad SMARTS) is 1. The number of hydrogen-bond acceptors (Lipinski definition) is 1. The highest BCUT2D eigenvalue weighted by Crippen LogP contribution is 2.12. The van der Waals surface area contributed by atoms with Crippen LogP contribution in [-0.4, -0.2) is 11.1 Å². The van der Waals surface area contributed by atoms with E-state index >= 15 is 0 Å². The standard InChI is InChI=1S/C24H44O2/c1-2-3-4-5-6-7-8-9-10-11-12-13-14-15-16-17-18-19-20-21-22-23-24(25)26/h6-7,9-10H,2-5,8,11-23H2,1H3,(H,25,26). The Hall–Kier alpha value is -1.05. The van der Waals surface area contributed by atoms with Gasteiger partial charge in [0.15, 0.2) is 0 Å². The number of aliphatic carboxylic acids is 1. The van der Waals surface area contributed by atoms with Gasteiger partial charge in [-0.3, -0.25) is 4.79 Å². The van der Waals surface area contributed by atoms with E-state index in [1.807, 2.05) is 0 Å². The molecule has 0 rings (SSSR count). The molecule has 1 N–H and O–H groups in total. The zero-order valence-corrected chi connectivity index (χ0v) is 17.4. The Balaban J connectivity index is 3.12. The Morgan fingerprint density at radius 3 is 1.50 bits per heavy atom. The van der Waals surface area contributed by atoms with Crippen molar-refractivity contribution in [2.45, 2.75) is 122 Å². The Labute approximate surface area is 163 Å². The number of carbonyl (C=O) groups is 1. The number of allylic oxidation sites excluding steroid dienone is 4. The number of unbranched alkanes of at least 4 members (excludes halogenated alkanes) is 14. The predicted molar refractivity (Wildman–Crippen MR) is 115 cm³/mol. The normalized spacial score (nSPS) is 11.7. The first-order chi connectivity index (χ1) is 12.8. The zero-order chi connectivity index (χ0) is 19.1. The van der Waals surface area contributed by atoms with Crippen LogP contribution in [0.1, 0.15) is 122 Å². The van der Waals surface area contributed by atoms with Crippen LogP contribution in [0.5, 0.6) is 0 Å². The Morgan fingerprint density at radius 1 is 0.615 bits per heavy atom. The molecule has 0 radical (unpaired) electrons. The molecule has 0 bridgehead atoms. The van der Waals surface area contributed by atoms with Crippen LogP contribution < -0.4 is 0 Å². The first kappa shape index (κ1) is 24.9. The highest BCUT2D eigenvalue weighted by Gasteiger charge is 1.96. The summed E-state index contributed by atoms with van der Waals surface area (Å²) in [6.45, 7) is 2.25. The van der Waals surface area contributed by atoms with Gasteiger partial charge in [0.1, 0.15) is 0 Å². The summed E-state index contributed by atoms with van der Waals surface area (Å²) in [5.41, 5.74) is 0. The van der Waals surface area contributed by atoms with Gasteiger partial charge in [-0.15, -0.1) is 0 Å². The van der Waals surface area contributed by atoms with Crippen molar-refractivity contribution < 1.29 is 9.90 Å². The predicted octanol–water partition coefficient (Wildman–Crippen LogP) is 8.23. The van der Waals surface area contributed by atoms with E-state index in [0.717, 1.165) is 19.3 Å². The van der Waals surface area contributed by atoms with E-state index in [1.54, 1.807) is 0 Å². The summed E-state index contributed by atoms with van der Waals surface area (Å²) < 4.78 is 0. The van der Waals surface area contributed by atoms with Crippen LogP contribution in [0.15, 0.2) is 24.3 Å². The molecule has 0 heterocycles. The Bertz CT molecular complexity index is 344. The highest BCUT2D eigenvalue weighted by molar-refractivity contribution is 5.66. The average molecular weight is 365 g/mol. The summed E-state index contributed by atoms with van der Waals surface area (Å²) in [7, 11) is 0. The number of hydrogen-bond donors (Lipinski definition) is 1. The maximum Gasteiger partial charge on any atom is 0.303 e. The Kier molecular flexibility index (Phi) is 21.1. The van der Waals surface area contributed by atoms with Gasteiger partial charge in [0.2, 0.25) is 0 Å². The van der Waals surface area contributed by atoms with E-state index in [9.17, 15) is 4.79 Å². The van der Waals surface area contributed by atoms with Crippen molar-refractivity contribution in [1.29, 1.82) is 0 Å². The number of carboxylic acids is 1. The van der Waals surface area contributed by atoms with Crippen molar-refractivity contribution in [1.82, 2.24) is 0 Å². The fourth-order valence-corrected chi connectivity index (χ4v) is 3.15. The second-order valence-electron chi connectivity index (χ2n) is 7.50. The fourth-order valence-electron chi connectivity index (χ4n) is 3.15. The van der Waals surface area contributed by atoms with Gasteiger partial charge in [-0.2, -0.15) is 0 Å². The first-order valence-corrected chi connectivity index (χ1v) is 11.3. The SMILES string of the molecule is CCCCCC=CCC=CCCCCCCCCCCCCCC(=O)O. The third-order valence-corrected chi connectivity index (χ3v) is 4.84. The minimum atomic E-state index is -0.657. The molecular formula is C24H44O2. The molecule has 0 fully saturated rings. The van der Waals surface area contributed by atoms with Gasteiger partial charge in [0, 0.05) is 6.42 Å². The third-order valence-electron chi connectivity index (χ3n) is 4.84. The molecule has 2 nitrogen and oxygen atoms in total. The van der Waals surface area contributed by atoms with E-state index in [4.69, 9.17) is 5.11 Å². The summed E-state index contributed by atoms with van der Waals surface area (Å²) >= 11 is 0. The van der Waals surface area contributed by atoms with Gasteiger partial charge in [-0.05, 0) is 38.5 Å². The molecule has 0 aliphatic heterocycles. The molecule has 0 saturated carbocycles. The van der Waals surface area contributed by atoms with Crippen molar-refractivity contribution in [3.8, 4) is 0 Å². The van der Waals surface area contributed by atoms with Gasteiger partial charge in [0.25, 0.3) is 0 Å². The first-order valence-electron chi connectivity index (χ1n) is 11.3. The molecule has 0 atom stereocenters. The topological polar surface area (TPSA) is 37.3 Å². The largest absolute Gasteiger partial charge is 0.481 e. The molecule has 0 aliphatic carbocycles. The minimum absolute atomic E-state index is 0.338. The van der Waals surface area contributed by atoms with Crippen molar-refractivity contribution in [3.05, 3.63) is 24.3 Å². The lowest BCUT2D eigenvalue weighted by atomic mass is 10.0. The summed E-state index contributed by atoms with van der Waals surface area (Å²) in [6.07, 6.45) is 31.1. The molecule has 2 heteroatoms. The molecule has 152 valence electrons. The summed E-state index contributed by atoms with van der Waals surface area (Å²) in [5, 5.41) is 8.57. The van der Waals surface area contributed by atoms with Crippen LogP contribution in [0.3, 0.4) is 0 Å². The molecule has 0 aromatic heterocycles. The molecule has 0 aromatic carbocycles. The third kappa shape index (κ3) is 22.9. The summed E-state index contributed by atoms with van der Waals surface area (Å²) in [6, 6.07) is 0. The lowest BCUT2D eigenvalue weighted by Crippen LogP contribution is -1.93. The van der Waals surface area contributed by atoms with E-state index in [0.29, 0.717) is 6.42 Å². The van der Waals surface area contributed by atoms with Crippen molar-refractivity contribution in [2.75, 3.05) is 0 Å². The van der Waals surface area contributed by atoms with Gasteiger partial charge < -0.3 is 5.11 Å². The summed E-state index contributed by atoms with van der Waals surface area (Å²) in [4.78, 5) is 10.4. The number of rotatable bonds is 20. The maximum absolute atomic E-state index is 10.4. The Morgan fingerprint density at radius 2 is 1.04 bits per heavy atom. The average Bonchev–Trinajstić information content (AvgIpc) is 2.62. The summed E-state index contributed by atoms with van der Waals surface area (Å²) in [5.74, 6) is -0.657. The molecule has 0 aliphatic rings. The molecule has 0 spiro atoms. The second kappa shape index (κ2) is 22.0. The van der Waals surface area contributed by atoms with E-state index in [2.05, 4.69) is 31.2 Å². The van der Waals surface area contributed by atoms with Gasteiger partial charge >= 0.3 is 5.97 Å². The van der Waals surface area contributed by atoms with E-state index in [1.165, 1.54) is 89.9 Å². The second-order valence-corrected chi connectivity index (χ2v) is 7.50. The van der Waals surface area contributed by atoms with Crippen LogP contribution in [-0.2, 0) is 4.79 Å². The van der Waals surface area contributed by atoms with E-state index in [-0.39, 0.29) is 0 Å². The molecule has 0 aromatic rings. The van der Waals surface area contributed by atoms with Gasteiger partial charge in [-0.25, -0.2) is 0 Å². The van der Waals surface area contributed by atoms with Crippen molar-refractivity contribution in [2.24, 2.45) is 0 Å². The fraction of sp³-hybridized carbons (Fsp3) is 0.792. The monoisotopic (exact) mass is 364 g/mol. The molecule has 0 amide bonds. The lowest BCUT2D eigenvalue weighted by molar-refractivity contribution is -0.137. The molecule has 0 saturated heterocycles. The highest BCUT2D eigenvalue weighted by atomic mass is 16.4. The molecule has 26 heavy (non-hydrogen) atoms. The quantitative estimate of drug-likeness (QED) is 0.174. The van der Waals surface area contributed by atoms with Crippen LogP contribution in [0, 0.1) is 0 Å². The maximum atomic E-state index is 10.4. The van der Waals surface area contributed by atoms with Gasteiger partial charge in [0.05, 0.1) is 0 Å². The van der Waals surface area contributed by atoms with Crippen LogP contribution >= 0.6 is 0 Å². The minimum Gasteiger partial charge on any atom is -0.481 e. The zero-order valence-electron chi connectivity index (χ0n) is 17.4. The lowest BCUT2D eigenvalue weighted by Gasteiger charge is -2.02. The van der Waals surface area contributed by atoms with Crippen molar-refractivity contribution in [3.63, 3.8) is 0 Å². The molecule has 0 unspecified atom stereocenters. The van der Waals surface area contributed by atoms with E-state index < -0.39 is 5.97 Å².